The van der Waals surface area contributed by atoms with Gasteiger partial charge in [-0.1, -0.05) is 26.7 Å². The first kappa shape index (κ1) is 22.1. The molecule has 0 radical (unpaired) electrons. The van der Waals surface area contributed by atoms with Crippen LogP contribution in [0.4, 0.5) is 0 Å². The molecule has 156 valence electrons. The molecule has 1 saturated carbocycles. The van der Waals surface area contributed by atoms with E-state index in [1.807, 2.05) is 18.7 Å². The number of carbonyl (C=O) groups excluding carboxylic acids is 2. The van der Waals surface area contributed by atoms with Gasteiger partial charge in [0.1, 0.15) is 0 Å². The van der Waals surface area contributed by atoms with Crippen LogP contribution in [0, 0.1) is 5.41 Å². The maximum atomic E-state index is 13.0. The van der Waals surface area contributed by atoms with E-state index in [1.54, 1.807) is 0 Å². The van der Waals surface area contributed by atoms with E-state index in [0.717, 1.165) is 25.7 Å². The quantitative estimate of drug-likeness (QED) is 0.588. The minimum absolute atomic E-state index is 0.0602. The van der Waals surface area contributed by atoms with Crippen LogP contribution in [0.25, 0.3) is 0 Å². The molecule has 0 aromatic carbocycles. The second-order valence-electron chi connectivity index (χ2n) is 7.88. The number of methoxy groups -OCH3 is 1. The molecule has 1 aliphatic carbocycles. The van der Waals surface area contributed by atoms with Gasteiger partial charge in [0.15, 0.2) is 9.84 Å². The second kappa shape index (κ2) is 9.37. The smallest absolute Gasteiger partial charge is 0.313 e. The second-order valence-corrected chi connectivity index (χ2v) is 10.1. The first-order valence-corrected chi connectivity index (χ1v) is 11.9. The molecule has 0 spiro atoms. The predicted octanol–water partition coefficient (Wildman–Crippen LogP) is 1.51. The van der Waals surface area contributed by atoms with Crippen LogP contribution in [0.1, 0.15) is 58.8 Å². The molecule has 0 unspecified atom stereocenters. The lowest BCUT2D eigenvalue weighted by molar-refractivity contribution is -0.153. The fourth-order valence-corrected chi connectivity index (χ4v) is 6.17. The third-order valence-electron chi connectivity index (χ3n) is 6.32. The Morgan fingerprint density at radius 3 is 2.22 bits per heavy atom. The van der Waals surface area contributed by atoms with Crippen LogP contribution in [0.5, 0.6) is 0 Å². The fourth-order valence-electron chi connectivity index (χ4n) is 4.46. The topological polar surface area (TPSA) is 92.8 Å². The van der Waals surface area contributed by atoms with Crippen molar-refractivity contribution in [2.45, 2.75) is 70.9 Å². The van der Waals surface area contributed by atoms with E-state index in [-0.39, 0.29) is 42.0 Å². The Morgan fingerprint density at radius 1 is 1.11 bits per heavy atom. The summed E-state index contributed by atoms with van der Waals surface area (Å²) < 4.78 is 28.8. The molecule has 1 heterocycles. The van der Waals surface area contributed by atoms with Gasteiger partial charge in [-0.25, -0.2) is 8.42 Å². The van der Waals surface area contributed by atoms with E-state index in [0.29, 0.717) is 25.8 Å². The molecule has 8 heteroatoms. The van der Waals surface area contributed by atoms with Gasteiger partial charge in [-0.3, -0.25) is 9.59 Å². The van der Waals surface area contributed by atoms with Gasteiger partial charge in [-0.2, -0.15) is 0 Å². The van der Waals surface area contributed by atoms with Gasteiger partial charge in [0.25, 0.3) is 0 Å². The summed E-state index contributed by atoms with van der Waals surface area (Å²) in [5, 5.41) is 3.15. The third-order valence-corrected chi connectivity index (χ3v) is 8.07. The highest BCUT2D eigenvalue weighted by Gasteiger charge is 2.40. The molecule has 27 heavy (non-hydrogen) atoms. The van der Waals surface area contributed by atoms with Gasteiger partial charge in [0, 0.05) is 18.6 Å². The summed E-state index contributed by atoms with van der Waals surface area (Å²) in [6, 6.07) is -0.0737. The Kier molecular flexibility index (Phi) is 7.68. The monoisotopic (exact) mass is 402 g/mol. The van der Waals surface area contributed by atoms with E-state index < -0.39 is 15.3 Å². The first-order chi connectivity index (χ1) is 12.8. The van der Waals surface area contributed by atoms with Crippen LogP contribution in [-0.4, -0.2) is 69.0 Å². The number of esters is 1. The lowest BCUT2D eigenvalue weighted by atomic mass is 9.82. The van der Waals surface area contributed by atoms with Crippen LogP contribution >= 0.6 is 0 Å². The predicted molar refractivity (Wildman–Crippen MR) is 104 cm³/mol. The Hall–Kier alpha value is -1.15. The molecule has 0 aromatic rings. The average Bonchev–Trinajstić information content (AvgIpc) is 3.28. The molecule has 2 fully saturated rings. The number of nitrogens with zero attached hydrogens (tertiary/aromatic N) is 1. The number of ether oxygens (including phenoxy) is 1. The third kappa shape index (κ3) is 5.22. The van der Waals surface area contributed by atoms with Crippen LogP contribution in [0.3, 0.4) is 0 Å². The highest BCUT2D eigenvalue weighted by atomic mass is 32.2. The van der Waals surface area contributed by atoms with E-state index >= 15 is 0 Å². The SMILES string of the molecule is CCC(CC)(CNCC(=O)N(C1CCCC1)[C@H]1CCS(=O)(=O)C1)C(=O)OC. The summed E-state index contributed by atoms with van der Waals surface area (Å²) >= 11 is 0. The molecule has 1 saturated heterocycles. The highest BCUT2D eigenvalue weighted by Crippen LogP contribution is 2.30. The Balaban J connectivity index is 2.02. The van der Waals surface area contributed by atoms with Crippen molar-refractivity contribution >= 4 is 21.7 Å². The summed E-state index contributed by atoms with van der Waals surface area (Å²) in [5.41, 5.74) is -0.635. The van der Waals surface area contributed by atoms with Crippen molar-refractivity contribution in [2.75, 3.05) is 31.7 Å². The van der Waals surface area contributed by atoms with E-state index in [1.165, 1.54) is 7.11 Å². The normalized spacial score (nSPS) is 22.7. The Bertz CT molecular complexity index is 624. The number of hydrogen-bond donors (Lipinski definition) is 1. The molecular weight excluding hydrogens is 368 g/mol. The number of sulfone groups is 1. The Morgan fingerprint density at radius 2 is 1.74 bits per heavy atom. The number of amides is 1. The lowest BCUT2D eigenvalue weighted by Gasteiger charge is -2.35. The van der Waals surface area contributed by atoms with Gasteiger partial charge in [0.05, 0.1) is 30.6 Å². The summed E-state index contributed by atoms with van der Waals surface area (Å²) in [4.78, 5) is 27.0. The molecule has 1 N–H and O–H groups in total. The standard InChI is InChI=1S/C19H34N2O5S/c1-4-19(5-2,18(23)26-3)14-20-12-17(22)21(15-8-6-7-9-15)16-10-11-27(24,25)13-16/h15-16,20H,4-14H2,1-3H3/t16-/m0/s1. The van der Waals surface area contributed by atoms with Crippen LogP contribution in [0.2, 0.25) is 0 Å². The van der Waals surface area contributed by atoms with Crippen LogP contribution < -0.4 is 5.32 Å². The zero-order valence-electron chi connectivity index (χ0n) is 16.8. The summed E-state index contributed by atoms with van der Waals surface area (Å²) in [6.45, 7) is 4.38. The Labute approximate surface area is 163 Å². The molecule has 1 amide bonds. The highest BCUT2D eigenvalue weighted by molar-refractivity contribution is 7.91. The van der Waals surface area contributed by atoms with Gasteiger partial charge >= 0.3 is 5.97 Å². The summed E-state index contributed by atoms with van der Waals surface area (Å²) in [6.07, 6.45) is 5.84. The zero-order chi connectivity index (χ0) is 20.1. The molecule has 2 rings (SSSR count). The van der Waals surface area contributed by atoms with Crippen LogP contribution in [0.15, 0.2) is 0 Å². The van der Waals surface area contributed by atoms with E-state index in [4.69, 9.17) is 4.74 Å². The average molecular weight is 403 g/mol. The van der Waals surface area contributed by atoms with Crippen molar-refractivity contribution in [2.24, 2.45) is 5.41 Å². The van der Waals surface area contributed by atoms with Crippen molar-refractivity contribution in [1.82, 2.24) is 10.2 Å². The summed E-state index contributed by atoms with van der Waals surface area (Å²) in [7, 11) is -1.66. The maximum absolute atomic E-state index is 13.0. The molecular formula is C19H34N2O5S. The lowest BCUT2D eigenvalue weighted by Crippen LogP contribution is -2.51. The van der Waals surface area contributed by atoms with Gasteiger partial charge < -0.3 is 15.0 Å². The molecule has 0 bridgehead atoms. The van der Waals surface area contributed by atoms with Gasteiger partial charge in [-0.05, 0) is 32.1 Å². The number of nitrogens with one attached hydrogen (secondary N) is 1. The van der Waals surface area contributed by atoms with Gasteiger partial charge in [-0.15, -0.1) is 0 Å². The van der Waals surface area contributed by atoms with Crippen molar-refractivity contribution in [1.29, 1.82) is 0 Å². The largest absolute Gasteiger partial charge is 0.469 e. The summed E-state index contributed by atoms with van der Waals surface area (Å²) in [5.74, 6) is -0.0822. The fraction of sp³-hybridized carbons (Fsp3) is 0.895. The van der Waals surface area contributed by atoms with Crippen molar-refractivity contribution in [3.05, 3.63) is 0 Å². The minimum Gasteiger partial charge on any atom is -0.469 e. The van der Waals surface area contributed by atoms with Crippen molar-refractivity contribution < 1.29 is 22.7 Å². The van der Waals surface area contributed by atoms with Gasteiger partial charge in [0.2, 0.25) is 5.91 Å². The number of rotatable bonds is 9. The molecule has 1 atom stereocenters. The zero-order valence-corrected chi connectivity index (χ0v) is 17.6. The van der Waals surface area contributed by atoms with Crippen LogP contribution in [-0.2, 0) is 24.2 Å². The first-order valence-electron chi connectivity index (χ1n) is 10.1. The number of carbonyl (C=O) groups is 2. The molecule has 1 aliphatic heterocycles. The molecule has 2 aliphatic rings. The van der Waals surface area contributed by atoms with Crippen molar-refractivity contribution in [3.8, 4) is 0 Å². The van der Waals surface area contributed by atoms with E-state index in [9.17, 15) is 18.0 Å². The maximum Gasteiger partial charge on any atom is 0.313 e. The van der Waals surface area contributed by atoms with Crippen molar-refractivity contribution in [3.63, 3.8) is 0 Å². The number of hydrogen-bond acceptors (Lipinski definition) is 6. The molecule has 7 nitrogen and oxygen atoms in total. The minimum atomic E-state index is -3.05. The van der Waals surface area contributed by atoms with E-state index in [2.05, 4.69) is 5.32 Å². The molecule has 0 aromatic heterocycles.